The molecule has 5 aliphatic rings. The average Bonchev–Trinajstić information content (AvgIpc) is 3.28. The van der Waals surface area contributed by atoms with Gasteiger partial charge in [-0.2, -0.15) is 0 Å². The molecule has 0 spiro atoms. The lowest BCUT2D eigenvalue weighted by Crippen LogP contribution is -2.60. The number of methoxy groups -OCH3 is 2. The molecule has 0 saturated carbocycles. The zero-order valence-electron chi connectivity index (χ0n) is 20.9. The summed E-state index contributed by atoms with van der Waals surface area (Å²) in [7, 11) is 3.20. The minimum Gasteiger partial charge on any atom is -0.497 e. The summed E-state index contributed by atoms with van der Waals surface area (Å²) in [6, 6.07) is 6.39. The number of fused-ring (bicyclic) bond motifs is 6. The largest absolute Gasteiger partial charge is 0.497 e. The van der Waals surface area contributed by atoms with Crippen molar-refractivity contribution < 1.29 is 19.1 Å². The van der Waals surface area contributed by atoms with Crippen molar-refractivity contribution in [1.29, 1.82) is 0 Å². The van der Waals surface area contributed by atoms with E-state index in [9.17, 15) is 9.59 Å². The molecule has 4 saturated heterocycles. The molecule has 4 fully saturated rings. The van der Waals surface area contributed by atoms with Gasteiger partial charge in [0.25, 0.3) is 0 Å². The molecule has 7 heteroatoms. The van der Waals surface area contributed by atoms with Gasteiger partial charge in [0.2, 0.25) is 11.8 Å². The molecular formula is C28H37N3O4. The van der Waals surface area contributed by atoms with Gasteiger partial charge in [-0.3, -0.25) is 14.5 Å². The lowest BCUT2D eigenvalue weighted by molar-refractivity contribution is -0.140. The predicted octanol–water partition coefficient (Wildman–Crippen LogP) is 3.48. The highest BCUT2D eigenvalue weighted by Crippen LogP contribution is 2.46. The number of anilines is 1. The van der Waals surface area contributed by atoms with Crippen molar-refractivity contribution in [2.24, 2.45) is 17.8 Å². The molecular weight excluding hydrogens is 442 g/mol. The number of ether oxygens (including phenoxy) is 2. The molecule has 3 unspecified atom stereocenters. The fraction of sp³-hybridized carbons (Fsp3) is 0.643. The van der Waals surface area contributed by atoms with Gasteiger partial charge in [-0.05, 0) is 62.6 Å². The highest BCUT2D eigenvalue weighted by molar-refractivity contribution is 6.01. The number of carbonyl (C=O) groups is 2. The van der Waals surface area contributed by atoms with Crippen LogP contribution in [0.25, 0.3) is 0 Å². The maximum Gasteiger partial charge on any atom is 0.228 e. The number of rotatable bonds is 4. The Kier molecular flexibility index (Phi) is 5.99. The van der Waals surface area contributed by atoms with Gasteiger partial charge < -0.3 is 19.3 Å². The van der Waals surface area contributed by atoms with Crippen LogP contribution in [0.1, 0.15) is 44.9 Å². The van der Waals surface area contributed by atoms with Crippen LogP contribution >= 0.6 is 0 Å². The summed E-state index contributed by atoms with van der Waals surface area (Å²) in [6.07, 6.45) is 10.1. The first-order valence-corrected chi connectivity index (χ1v) is 13.3. The van der Waals surface area contributed by atoms with Crippen LogP contribution in [0.4, 0.5) is 5.69 Å². The standard InChI is InChI=1S/C28H37N3O4/c1-34-22-8-9-24(25(15-22)35-2)31-17-21(14-26(31)32)28(33)30-11-5-6-18-12-19-13-20(27(18)30)16-29-10-4-3-7-23(19)29/h8-9,12,15,19-21,23,27H,3-7,10-11,13-14,16-17H2,1-2H3/t19-,20+,21?,23?,27?/m1/s1. The van der Waals surface area contributed by atoms with Gasteiger partial charge in [-0.15, -0.1) is 0 Å². The van der Waals surface area contributed by atoms with Crippen molar-refractivity contribution in [3.63, 3.8) is 0 Å². The highest BCUT2D eigenvalue weighted by atomic mass is 16.5. The Morgan fingerprint density at radius 2 is 1.94 bits per heavy atom. The normalized spacial score (nSPS) is 32.6. The summed E-state index contributed by atoms with van der Waals surface area (Å²) in [4.78, 5) is 33.6. The van der Waals surface area contributed by atoms with E-state index in [4.69, 9.17) is 9.47 Å². The number of benzene rings is 1. The summed E-state index contributed by atoms with van der Waals surface area (Å²) in [6.45, 7) is 3.54. The first-order valence-electron chi connectivity index (χ1n) is 13.3. The molecule has 0 radical (unpaired) electrons. The van der Waals surface area contributed by atoms with Crippen molar-refractivity contribution in [3.05, 3.63) is 29.8 Å². The SMILES string of the molecule is COc1ccc(N2CC(C(=O)N3CCCC4=C[C@@H]5C[C@@H](CN6CCCCC56)C43)CC2=O)c(OC)c1. The van der Waals surface area contributed by atoms with Crippen molar-refractivity contribution in [2.75, 3.05) is 45.3 Å². The zero-order chi connectivity index (χ0) is 24.1. The molecule has 6 rings (SSSR count). The van der Waals surface area contributed by atoms with Gasteiger partial charge >= 0.3 is 0 Å². The van der Waals surface area contributed by atoms with E-state index in [0.29, 0.717) is 41.6 Å². The lowest BCUT2D eigenvalue weighted by Gasteiger charge is -2.55. The summed E-state index contributed by atoms with van der Waals surface area (Å²) < 4.78 is 10.8. The van der Waals surface area contributed by atoms with E-state index < -0.39 is 0 Å². The van der Waals surface area contributed by atoms with E-state index in [-0.39, 0.29) is 30.2 Å². The minimum absolute atomic E-state index is 0.0166. The third kappa shape index (κ3) is 3.92. The van der Waals surface area contributed by atoms with Crippen LogP contribution < -0.4 is 14.4 Å². The second kappa shape index (κ2) is 9.16. The first kappa shape index (κ1) is 22.9. The van der Waals surface area contributed by atoms with Crippen LogP contribution in [0, 0.1) is 17.8 Å². The van der Waals surface area contributed by atoms with E-state index in [2.05, 4.69) is 15.9 Å². The predicted molar refractivity (Wildman–Crippen MR) is 134 cm³/mol. The minimum atomic E-state index is -0.308. The topological polar surface area (TPSA) is 62.3 Å². The number of hydrogen-bond acceptors (Lipinski definition) is 5. The zero-order valence-corrected chi connectivity index (χ0v) is 20.9. The summed E-state index contributed by atoms with van der Waals surface area (Å²) in [5, 5.41) is 0. The van der Waals surface area contributed by atoms with Gasteiger partial charge in [0.15, 0.2) is 0 Å². The van der Waals surface area contributed by atoms with Gasteiger partial charge in [0.05, 0.1) is 31.9 Å². The second-order valence-electron chi connectivity index (χ2n) is 11.0. The smallest absolute Gasteiger partial charge is 0.228 e. The Labute approximate surface area is 208 Å². The Morgan fingerprint density at radius 3 is 2.77 bits per heavy atom. The molecule has 0 N–H and O–H groups in total. The molecule has 4 heterocycles. The number of nitrogens with zero attached hydrogens (tertiary/aromatic N) is 3. The monoisotopic (exact) mass is 479 g/mol. The molecule has 35 heavy (non-hydrogen) atoms. The lowest BCUT2D eigenvalue weighted by atomic mass is 9.68. The number of likely N-dealkylation sites (tertiary alicyclic amines) is 1. The van der Waals surface area contributed by atoms with Crippen LogP contribution in [-0.2, 0) is 9.59 Å². The fourth-order valence-electron chi connectivity index (χ4n) is 7.57. The molecule has 2 bridgehead atoms. The van der Waals surface area contributed by atoms with E-state index in [1.165, 1.54) is 37.8 Å². The molecule has 1 aliphatic carbocycles. The van der Waals surface area contributed by atoms with Crippen molar-refractivity contribution in [2.45, 2.75) is 57.0 Å². The van der Waals surface area contributed by atoms with Gasteiger partial charge in [0, 0.05) is 38.2 Å². The summed E-state index contributed by atoms with van der Waals surface area (Å²) >= 11 is 0. The van der Waals surface area contributed by atoms with Gasteiger partial charge in [-0.1, -0.05) is 18.1 Å². The molecule has 1 aromatic rings. The quantitative estimate of drug-likeness (QED) is 0.619. The number of piperidine rings is 3. The molecule has 2 amide bonds. The van der Waals surface area contributed by atoms with Crippen LogP contribution in [0.15, 0.2) is 29.8 Å². The molecule has 188 valence electrons. The van der Waals surface area contributed by atoms with E-state index in [0.717, 1.165) is 25.9 Å². The van der Waals surface area contributed by atoms with Crippen molar-refractivity contribution in [1.82, 2.24) is 9.80 Å². The maximum absolute atomic E-state index is 13.9. The van der Waals surface area contributed by atoms with Crippen LogP contribution in [0.3, 0.4) is 0 Å². The fourth-order valence-corrected chi connectivity index (χ4v) is 7.57. The molecule has 5 atom stereocenters. The molecule has 0 aromatic heterocycles. The van der Waals surface area contributed by atoms with E-state index >= 15 is 0 Å². The van der Waals surface area contributed by atoms with Crippen LogP contribution in [0.2, 0.25) is 0 Å². The van der Waals surface area contributed by atoms with Crippen LogP contribution in [0.5, 0.6) is 11.5 Å². The second-order valence-corrected chi connectivity index (χ2v) is 11.0. The van der Waals surface area contributed by atoms with Gasteiger partial charge in [-0.25, -0.2) is 0 Å². The number of amides is 2. The molecule has 1 aromatic carbocycles. The van der Waals surface area contributed by atoms with Crippen LogP contribution in [-0.4, -0.2) is 74.1 Å². The third-order valence-electron chi connectivity index (χ3n) is 9.09. The van der Waals surface area contributed by atoms with E-state index in [1.807, 2.05) is 12.1 Å². The van der Waals surface area contributed by atoms with E-state index in [1.54, 1.807) is 25.2 Å². The number of hydrogen-bond donors (Lipinski definition) is 0. The Hall–Kier alpha value is -2.54. The molecule has 4 aliphatic heterocycles. The number of carbonyl (C=O) groups excluding carboxylic acids is 2. The highest BCUT2D eigenvalue weighted by Gasteiger charge is 2.48. The third-order valence-corrected chi connectivity index (χ3v) is 9.09. The Morgan fingerprint density at radius 1 is 1.06 bits per heavy atom. The van der Waals surface area contributed by atoms with Crippen molar-refractivity contribution >= 4 is 17.5 Å². The average molecular weight is 480 g/mol. The first-order chi connectivity index (χ1) is 17.1. The molecule has 7 nitrogen and oxygen atoms in total. The summed E-state index contributed by atoms with van der Waals surface area (Å²) in [5.74, 6) is 2.27. The Bertz CT molecular complexity index is 1040. The Balaban J connectivity index is 1.22. The van der Waals surface area contributed by atoms with Crippen molar-refractivity contribution in [3.8, 4) is 11.5 Å². The summed E-state index contributed by atoms with van der Waals surface area (Å²) in [5.41, 5.74) is 2.20. The maximum atomic E-state index is 13.9. The van der Waals surface area contributed by atoms with Gasteiger partial charge in [0.1, 0.15) is 11.5 Å².